The van der Waals surface area contributed by atoms with Crippen LogP contribution in [0.5, 0.6) is 0 Å². The second kappa shape index (κ2) is 8.03. The van der Waals surface area contributed by atoms with Gasteiger partial charge >= 0.3 is 0 Å². The Labute approximate surface area is 84.1 Å². The van der Waals surface area contributed by atoms with Gasteiger partial charge in [0, 0.05) is 4.83 Å². The number of hydrogen-bond donors (Lipinski definition) is 0. The van der Waals surface area contributed by atoms with E-state index >= 15 is 0 Å². The van der Waals surface area contributed by atoms with E-state index in [1.165, 1.54) is 0 Å². The number of halogens is 2. The highest BCUT2D eigenvalue weighted by Crippen LogP contribution is 2.20. The molecule has 0 aliphatic rings. The zero-order valence-electron chi connectivity index (χ0n) is 8.15. The molecule has 0 unspecified atom stereocenters. The molecule has 0 radical (unpaired) electrons. The van der Waals surface area contributed by atoms with Gasteiger partial charge in [-0.05, 0) is 12.8 Å². The first kappa shape index (κ1) is 12.4. The van der Waals surface area contributed by atoms with Crippen LogP contribution in [0.2, 0.25) is 0 Å². The first-order valence-corrected chi connectivity index (χ1v) is 5.92. The Bertz CT molecular complexity index is 83.8. The predicted molar refractivity (Wildman–Crippen MR) is 56.7 cm³/mol. The second-order valence-corrected chi connectivity index (χ2v) is 4.49. The van der Waals surface area contributed by atoms with Crippen LogP contribution in [0, 0.1) is 0 Å². The van der Waals surface area contributed by atoms with Crippen molar-refractivity contribution in [3.8, 4) is 0 Å². The molecular formula is C10H20BrF. The van der Waals surface area contributed by atoms with Gasteiger partial charge in [0.05, 0.1) is 0 Å². The summed E-state index contributed by atoms with van der Waals surface area (Å²) in [6.45, 7) is 4.24. The SMILES string of the molecule is CCCC[C@@H](F)[C@H](Br)CCCC. The summed E-state index contributed by atoms with van der Waals surface area (Å²) in [5.41, 5.74) is 0. The molecule has 0 aromatic rings. The van der Waals surface area contributed by atoms with Gasteiger partial charge in [-0.1, -0.05) is 55.5 Å². The van der Waals surface area contributed by atoms with Gasteiger partial charge < -0.3 is 0 Å². The van der Waals surface area contributed by atoms with E-state index in [4.69, 9.17) is 0 Å². The van der Waals surface area contributed by atoms with E-state index in [1.807, 2.05) is 0 Å². The van der Waals surface area contributed by atoms with Gasteiger partial charge in [0.15, 0.2) is 0 Å². The number of hydrogen-bond acceptors (Lipinski definition) is 0. The normalized spacial score (nSPS) is 16.0. The zero-order valence-corrected chi connectivity index (χ0v) is 9.74. The van der Waals surface area contributed by atoms with Crippen LogP contribution in [0.4, 0.5) is 4.39 Å². The smallest absolute Gasteiger partial charge is 0.113 e. The van der Waals surface area contributed by atoms with Crippen molar-refractivity contribution < 1.29 is 4.39 Å². The van der Waals surface area contributed by atoms with E-state index in [2.05, 4.69) is 29.8 Å². The molecule has 0 aromatic carbocycles. The minimum absolute atomic E-state index is 0.0870. The molecule has 12 heavy (non-hydrogen) atoms. The standard InChI is InChI=1S/C10H20BrF/c1-3-5-7-9(11)10(12)8-6-4-2/h9-10H,3-8H2,1-2H3/t9-,10-/m1/s1. The highest BCUT2D eigenvalue weighted by molar-refractivity contribution is 9.09. The summed E-state index contributed by atoms with van der Waals surface area (Å²) in [6, 6.07) is 0. The highest BCUT2D eigenvalue weighted by Gasteiger charge is 2.16. The van der Waals surface area contributed by atoms with E-state index in [-0.39, 0.29) is 4.83 Å². The van der Waals surface area contributed by atoms with E-state index in [0.29, 0.717) is 0 Å². The van der Waals surface area contributed by atoms with Gasteiger partial charge in [-0.2, -0.15) is 0 Å². The molecule has 0 saturated carbocycles. The number of alkyl halides is 2. The first-order chi connectivity index (χ1) is 5.72. The average molecular weight is 239 g/mol. The fraction of sp³-hybridized carbons (Fsp3) is 1.00. The van der Waals surface area contributed by atoms with Crippen LogP contribution >= 0.6 is 15.9 Å². The topological polar surface area (TPSA) is 0 Å². The van der Waals surface area contributed by atoms with Crippen molar-refractivity contribution in [3.05, 3.63) is 0 Å². The maximum absolute atomic E-state index is 13.3. The van der Waals surface area contributed by atoms with Crippen LogP contribution in [-0.2, 0) is 0 Å². The third kappa shape index (κ3) is 5.99. The van der Waals surface area contributed by atoms with Crippen molar-refractivity contribution in [2.75, 3.05) is 0 Å². The summed E-state index contributed by atoms with van der Waals surface area (Å²) < 4.78 is 13.3. The fourth-order valence-corrected chi connectivity index (χ4v) is 1.75. The minimum atomic E-state index is -0.642. The maximum Gasteiger partial charge on any atom is 0.113 e. The van der Waals surface area contributed by atoms with Crippen molar-refractivity contribution >= 4 is 15.9 Å². The molecular weight excluding hydrogens is 219 g/mol. The highest BCUT2D eigenvalue weighted by atomic mass is 79.9. The van der Waals surface area contributed by atoms with Crippen molar-refractivity contribution in [3.63, 3.8) is 0 Å². The average Bonchev–Trinajstić information content (AvgIpc) is 2.10. The lowest BCUT2D eigenvalue weighted by Gasteiger charge is -2.13. The van der Waals surface area contributed by atoms with E-state index in [0.717, 1.165) is 38.5 Å². The molecule has 0 amide bonds. The van der Waals surface area contributed by atoms with E-state index < -0.39 is 6.17 Å². The first-order valence-electron chi connectivity index (χ1n) is 5.00. The summed E-state index contributed by atoms with van der Waals surface area (Å²) in [6.07, 6.45) is 5.43. The molecule has 0 N–H and O–H groups in total. The van der Waals surface area contributed by atoms with Crippen LogP contribution in [0.15, 0.2) is 0 Å². The lowest BCUT2D eigenvalue weighted by molar-refractivity contribution is 0.293. The molecule has 0 spiro atoms. The van der Waals surface area contributed by atoms with Crippen LogP contribution in [0.1, 0.15) is 52.4 Å². The van der Waals surface area contributed by atoms with Crippen molar-refractivity contribution in [1.29, 1.82) is 0 Å². The largest absolute Gasteiger partial charge is 0.246 e. The Balaban J connectivity index is 3.39. The third-order valence-corrected chi connectivity index (χ3v) is 3.09. The molecule has 0 nitrogen and oxygen atoms in total. The molecule has 2 atom stereocenters. The lowest BCUT2D eigenvalue weighted by atomic mass is 10.1. The Morgan fingerprint density at radius 3 is 2.08 bits per heavy atom. The molecule has 2 heteroatoms. The van der Waals surface area contributed by atoms with Crippen molar-refractivity contribution in [1.82, 2.24) is 0 Å². The van der Waals surface area contributed by atoms with Gasteiger partial charge in [-0.15, -0.1) is 0 Å². The van der Waals surface area contributed by atoms with Crippen LogP contribution in [0.25, 0.3) is 0 Å². The van der Waals surface area contributed by atoms with Crippen LogP contribution < -0.4 is 0 Å². The van der Waals surface area contributed by atoms with Crippen molar-refractivity contribution in [2.45, 2.75) is 63.4 Å². The Hall–Kier alpha value is 0.410. The van der Waals surface area contributed by atoms with E-state index in [9.17, 15) is 4.39 Å². The van der Waals surface area contributed by atoms with Gasteiger partial charge in [0.25, 0.3) is 0 Å². The molecule has 0 aliphatic carbocycles. The lowest BCUT2D eigenvalue weighted by Crippen LogP contribution is -2.15. The van der Waals surface area contributed by atoms with Crippen LogP contribution in [0.3, 0.4) is 0 Å². The Morgan fingerprint density at radius 2 is 1.58 bits per heavy atom. The van der Waals surface area contributed by atoms with Gasteiger partial charge in [-0.3, -0.25) is 0 Å². The van der Waals surface area contributed by atoms with Crippen molar-refractivity contribution in [2.24, 2.45) is 0 Å². The Morgan fingerprint density at radius 1 is 1.08 bits per heavy atom. The maximum atomic E-state index is 13.3. The molecule has 0 aliphatic heterocycles. The molecule has 74 valence electrons. The summed E-state index contributed by atoms with van der Waals surface area (Å²) in [7, 11) is 0. The summed E-state index contributed by atoms with van der Waals surface area (Å²) in [5, 5.41) is 0. The summed E-state index contributed by atoms with van der Waals surface area (Å²) >= 11 is 3.40. The predicted octanol–water partition coefficient (Wildman–Crippen LogP) is 4.47. The van der Waals surface area contributed by atoms with Gasteiger partial charge in [0.2, 0.25) is 0 Å². The molecule has 0 saturated heterocycles. The van der Waals surface area contributed by atoms with Gasteiger partial charge in [0.1, 0.15) is 6.17 Å². The quantitative estimate of drug-likeness (QED) is 0.575. The molecule has 0 rings (SSSR count). The zero-order chi connectivity index (χ0) is 9.40. The van der Waals surface area contributed by atoms with Crippen LogP contribution in [-0.4, -0.2) is 11.0 Å². The number of rotatable bonds is 7. The molecule has 0 fully saturated rings. The Kier molecular flexibility index (Phi) is 8.30. The monoisotopic (exact) mass is 238 g/mol. The summed E-state index contributed by atoms with van der Waals surface area (Å²) in [4.78, 5) is 0.0870. The molecule has 0 aromatic heterocycles. The third-order valence-electron chi connectivity index (χ3n) is 2.06. The second-order valence-electron chi connectivity index (χ2n) is 3.32. The molecule has 0 bridgehead atoms. The summed E-state index contributed by atoms with van der Waals surface area (Å²) in [5.74, 6) is 0. The fourth-order valence-electron chi connectivity index (χ4n) is 1.16. The van der Waals surface area contributed by atoms with E-state index in [1.54, 1.807) is 0 Å². The minimum Gasteiger partial charge on any atom is -0.246 e. The van der Waals surface area contributed by atoms with Gasteiger partial charge in [-0.25, -0.2) is 4.39 Å². The number of unbranched alkanes of at least 4 members (excludes halogenated alkanes) is 2. The molecule has 0 heterocycles.